The third-order valence-electron chi connectivity index (χ3n) is 4.53. The van der Waals surface area contributed by atoms with E-state index in [9.17, 15) is 29.7 Å². The first-order chi connectivity index (χ1) is 12.8. The Morgan fingerprint density at radius 2 is 0.852 bits per heavy atom. The van der Waals surface area contributed by atoms with E-state index in [0.29, 0.717) is 52.4 Å². The number of aliphatic carboxylic acids is 3. The standard InChI is InChI=1S/C17H32N4O6/c1-2-3-18-4-6-19(12-15(22)23)8-10-21(14-17(26)27)11-9-20(7-5-18)13-16(24)25/h2-14H2,1H3,(H,22,23)(H,24,25)(H,26,27)/p-3. The van der Waals surface area contributed by atoms with E-state index < -0.39 is 17.9 Å². The van der Waals surface area contributed by atoms with Gasteiger partial charge in [-0.25, -0.2) is 0 Å². The van der Waals surface area contributed by atoms with Crippen LogP contribution in [0.15, 0.2) is 0 Å². The molecule has 1 aliphatic heterocycles. The highest BCUT2D eigenvalue weighted by atomic mass is 16.4. The van der Waals surface area contributed by atoms with Gasteiger partial charge in [-0.1, -0.05) is 6.92 Å². The molecule has 10 heteroatoms. The summed E-state index contributed by atoms with van der Waals surface area (Å²) in [6, 6.07) is 0. The number of hydrogen-bond donors (Lipinski definition) is 0. The van der Waals surface area contributed by atoms with Crippen LogP contribution in [0.3, 0.4) is 0 Å². The van der Waals surface area contributed by atoms with Gasteiger partial charge in [-0.2, -0.15) is 0 Å². The number of carboxylic acids is 3. The molecule has 0 unspecified atom stereocenters. The van der Waals surface area contributed by atoms with Crippen molar-refractivity contribution in [2.45, 2.75) is 13.3 Å². The predicted octanol–water partition coefficient (Wildman–Crippen LogP) is -5.13. The molecule has 0 spiro atoms. The molecule has 0 aromatic rings. The van der Waals surface area contributed by atoms with Crippen molar-refractivity contribution in [2.24, 2.45) is 0 Å². The van der Waals surface area contributed by atoms with Gasteiger partial charge in [0.1, 0.15) is 0 Å². The lowest BCUT2D eigenvalue weighted by Gasteiger charge is -2.34. The van der Waals surface area contributed by atoms with E-state index in [1.54, 1.807) is 14.7 Å². The van der Waals surface area contributed by atoms with Crippen LogP contribution in [-0.4, -0.2) is 116 Å². The molecular formula is C17H29N4O6-3. The van der Waals surface area contributed by atoms with Gasteiger partial charge in [0.25, 0.3) is 0 Å². The number of carboxylic acid groups (broad SMARTS) is 3. The van der Waals surface area contributed by atoms with Crippen LogP contribution in [0, 0.1) is 0 Å². The zero-order valence-electron chi connectivity index (χ0n) is 15.9. The van der Waals surface area contributed by atoms with Gasteiger partial charge in [-0.15, -0.1) is 0 Å². The molecule has 1 fully saturated rings. The van der Waals surface area contributed by atoms with Crippen LogP contribution in [0.4, 0.5) is 0 Å². The third-order valence-corrected chi connectivity index (χ3v) is 4.53. The first kappa shape index (κ1) is 23.3. The zero-order valence-corrected chi connectivity index (χ0v) is 15.9. The normalized spacial score (nSPS) is 19.9. The van der Waals surface area contributed by atoms with E-state index >= 15 is 0 Å². The van der Waals surface area contributed by atoms with Gasteiger partial charge >= 0.3 is 0 Å². The van der Waals surface area contributed by atoms with Crippen molar-refractivity contribution >= 4 is 17.9 Å². The van der Waals surface area contributed by atoms with Crippen LogP contribution in [0.25, 0.3) is 0 Å². The number of rotatable bonds is 8. The molecule has 0 atom stereocenters. The van der Waals surface area contributed by atoms with Gasteiger partial charge < -0.3 is 34.6 Å². The maximum atomic E-state index is 11.0. The number of nitrogens with zero attached hydrogens (tertiary/aromatic N) is 4. The van der Waals surface area contributed by atoms with Gasteiger partial charge in [-0.3, -0.25) is 14.7 Å². The minimum atomic E-state index is -1.23. The zero-order chi connectivity index (χ0) is 20.2. The highest BCUT2D eigenvalue weighted by Gasteiger charge is 2.16. The molecule has 0 N–H and O–H groups in total. The molecule has 156 valence electrons. The van der Waals surface area contributed by atoms with Gasteiger partial charge in [0, 0.05) is 72.0 Å². The lowest BCUT2D eigenvalue weighted by Crippen LogP contribution is -2.51. The van der Waals surface area contributed by atoms with Gasteiger partial charge in [0.15, 0.2) is 0 Å². The molecule has 0 radical (unpaired) electrons. The van der Waals surface area contributed by atoms with Crippen molar-refractivity contribution in [3.05, 3.63) is 0 Å². The van der Waals surface area contributed by atoms with E-state index in [1.807, 2.05) is 6.92 Å². The highest BCUT2D eigenvalue weighted by molar-refractivity contribution is 5.67. The second-order valence-corrected chi connectivity index (χ2v) is 6.79. The summed E-state index contributed by atoms with van der Waals surface area (Å²) in [4.78, 5) is 40.3. The maximum Gasteiger partial charge on any atom is 0.0555 e. The summed E-state index contributed by atoms with van der Waals surface area (Å²) in [6.45, 7) is 5.89. The molecule has 1 saturated heterocycles. The summed E-state index contributed by atoms with van der Waals surface area (Å²) < 4.78 is 0. The van der Waals surface area contributed by atoms with Crippen LogP contribution < -0.4 is 15.3 Å². The number of hydrogen-bond acceptors (Lipinski definition) is 10. The molecule has 27 heavy (non-hydrogen) atoms. The van der Waals surface area contributed by atoms with Crippen molar-refractivity contribution < 1.29 is 29.7 Å². The molecule has 0 aromatic carbocycles. The Balaban J connectivity index is 2.85. The van der Waals surface area contributed by atoms with E-state index in [0.717, 1.165) is 13.0 Å². The van der Waals surface area contributed by atoms with Gasteiger partial charge in [0.2, 0.25) is 0 Å². The fourth-order valence-electron chi connectivity index (χ4n) is 3.14. The lowest BCUT2D eigenvalue weighted by atomic mass is 10.3. The monoisotopic (exact) mass is 385 g/mol. The molecule has 1 aliphatic rings. The Morgan fingerprint density at radius 3 is 1.07 bits per heavy atom. The molecular weight excluding hydrogens is 356 g/mol. The third kappa shape index (κ3) is 10.9. The summed E-state index contributed by atoms with van der Waals surface area (Å²) in [7, 11) is 0. The average molecular weight is 385 g/mol. The fraction of sp³-hybridized carbons (Fsp3) is 0.824. The second kappa shape index (κ2) is 12.6. The Labute approximate surface area is 159 Å². The fourth-order valence-corrected chi connectivity index (χ4v) is 3.14. The van der Waals surface area contributed by atoms with Crippen molar-refractivity contribution in [1.82, 2.24) is 19.6 Å². The Bertz CT molecular complexity index is 458. The van der Waals surface area contributed by atoms with Crippen molar-refractivity contribution in [1.29, 1.82) is 0 Å². The van der Waals surface area contributed by atoms with Gasteiger partial charge in [0.05, 0.1) is 17.9 Å². The average Bonchev–Trinajstić information content (AvgIpc) is 2.56. The molecule has 0 saturated carbocycles. The van der Waals surface area contributed by atoms with Crippen LogP contribution >= 0.6 is 0 Å². The molecule has 0 amide bonds. The highest BCUT2D eigenvalue weighted by Crippen LogP contribution is 2.01. The first-order valence-electron chi connectivity index (χ1n) is 9.29. The summed E-state index contributed by atoms with van der Waals surface area (Å²) in [5, 5.41) is 33.0. The smallest absolute Gasteiger partial charge is 0.0555 e. The summed E-state index contributed by atoms with van der Waals surface area (Å²) in [6.07, 6.45) is 0.931. The minimum Gasteiger partial charge on any atom is -0.549 e. The topological polar surface area (TPSA) is 133 Å². The Morgan fingerprint density at radius 1 is 0.593 bits per heavy atom. The number of carbonyl (C=O) groups is 3. The predicted molar refractivity (Wildman–Crippen MR) is 91.1 cm³/mol. The quantitative estimate of drug-likeness (QED) is 0.399. The molecule has 1 heterocycles. The van der Waals surface area contributed by atoms with E-state index in [2.05, 4.69) is 4.90 Å². The van der Waals surface area contributed by atoms with Crippen LogP contribution in [0.2, 0.25) is 0 Å². The van der Waals surface area contributed by atoms with Crippen molar-refractivity contribution in [2.75, 3.05) is 78.5 Å². The van der Waals surface area contributed by atoms with Crippen molar-refractivity contribution in [3.63, 3.8) is 0 Å². The van der Waals surface area contributed by atoms with Gasteiger partial charge in [-0.05, 0) is 13.0 Å². The maximum absolute atomic E-state index is 11.0. The SMILES string of the molecule is CCCN1CCN(CC(=O)[O-])CCN(CC(=O)[O-])CCN(CC(=O)[O-])CC1. The second-order valence-electron chi connectivity index (χ2n) is 6.79. The number of carbonyl (C=O) groups excluding carboxylic acids is 3. The molecule has 0 aliphatic carbocycles. The lowest BCUT2D eigenvalue weighted by molar-refractivity contribution is -0.308. The summed E-state index contributed by atoms with van der Waals surface area (Å²) in [5.41, 5.74) is 0. The molecule has 0 aromatic heterocycles. The Kier molecular flexibility index (Phi) is 10.9. The van der Waals surface area contributed by atoms with E-state index in [-0.39, 0.29) is 19.6 Å². The summed E-state index contributed by atoms with van der Waals surface area (Å²) >= 11 is 0. The summed E-state index contributed by atoms with van der Waals surface area (Å²) in [5.74, 6) is -3.57. The van der Waals surface area contributed by atoms with E-state index in [4.69, 9.17) is 0 Å². The minimum absolute atomic E-state index is 0.212. The molecule has 1 rings (SSSR count). The van der Waals surface area contributed by atoms with Crippen LogP contribution in [-0.2, 0) is 14.4 Å². The first-order valence-corrected chi connectivity index (χ1v) is 9.29. The molecule has 10 nitrogen and oxygen atoms in total. The van der Waals surface area contributed by atoms with Crippen LogP contribution in [0.1, 0.15) is 13.3 Å². The van der Waals surface area contributed by atoms with Crippen molar-refractivity contribution in [3.8, 4) is 0 Å². The molecule has 0 bridgehead atoms. The Hall–Kier alpha value is -1.75. The largest absolute Gasteiger partial charge is 0.549 e. The van der Waals surface area contributed by atoms with E-state index in [1.165, 1.54) is 0 Å². The van der Waals surface area contributed by atoms with Crippen LogP contribution in [0.5, 0.6) is 0 Å².